The Morgan fingerprint density at radius 3 is 1.64 bits per heavy atom. The van der Waals surface area contributed by atoms with Gasteiger partial charge in [-0.2, -0.15) is 0 Å². The first kappa shape index (κ1) is 34.3. The van der Waals surface area contributed by atoms with Gasteiger partial charge in [0.1, 0.15) is 12.2 Å². The van der Waals surface area contributed by atoms with Gasteiger partial charge in [-0.3, -0.25) is 24.0 Å². The van der Waals surface area contributed by atoms with E-state index in [2.05, 4.69) is 5.32 Å². The third-order valence-electron chi connectivity index (χ3n) is 7.44. The summed E-state index contributed by atoms with van der Waals surface area (Å²) in [7, 11) is 1.29. The number of rotatable bonds is 15. The number of nitrogens with one attached hydrogen (secondary N) is 1. The van der Waals surface area contributed by atoms with E-state index in [0.29, 0.717) is 16.7 Å². The fraction of sp³-hybridized carbons (Fsp3) is 0.769. The third-order valence-corrected chi connectivity index (χ3v) is 7.44. The summed E-state index contributed by atoms with van der Waals surface area (Å²) < 4.78 is 8.07. The normalized spacial score (nSPS) is 19.7. The maximum Gasteiger partial charge on any atom is 0.343 e. The van der Waals surface area contributed by atoms with E-state index in [4.69, 9.17) is 1.37 Å². The summed E-state index contributed by atoms with van der Waals surface area (Å²) in [6.07, 6.45) is -3.69. The van der Waals surface area contributed by atoms with Crippen molar-refractivity contribution in [1.82, 2.24) is 15.1 Å². The minimum absolute atomic E-state index is 0.0836. The fourth-order valence-electron chi connectivity index (χ4n) is 4.66. The van der Waals surface area contributed by atoms with E-state index < -0.39 is 88.9 Å². The molecule has 0 aliphatic rings. The summed E-state index contributed by atoms with van der Waals surface area (Å²) in [4.78, 5) is 82.6. The fourth-order valence-corrected chi connectivity index (χ4v) is 4.66. The van der Waals surface area contributed by atoms with E-state index in [1.807, 2.05) is 0 Å². The number of Topliss-reactive ketones (excluding diaryl/α,β-unsaturated/α-hetero) is 3. The molecule has 0 heterocycles. The van der Waals surface area contributed by atoms with Gasteiger partial charge < -0.3 is 35.5 Å². The Balaban J connectivity index is 8.31. The van der Waals surface area contributed by atoms with E-state index in [-0.39, 0.29) is 6.42 Å². The summed E-state index contributed by atoms with van der Waals surface area (Å²) >= 11 is 0. The summed E-state index contributed by atoms with van der Waals surface area (Å²) in [5.41, 5.74) is -8.98. The van der Waals surface area contributed by atoms with Gasteiger partial charge in [-0.1, -0.05) is 34.1 Å². The maximum absolute atomic E-state index is 15.0. The molecule has 0 aliphatic carbocycles. The Bertz CT molecular complexity index is 999. The molecule has 2 amide bonds. The van der Waals surface area contributed by atoms with Crippen LogP contribution in [0.1, 0.15) is 63.2 Å². The molecule has 0 spiro atoms. The number of ketones is 3. The van der Waals surface area contributed by atoms with Crippen LogP contribution in [0, 0.1) is 11.8 Å². The number of hydrogen-bond acceptors (Lipinski definition) is 10. The van der Waals surface area contributed by atoms with Crippen molar-refractivity contribution in [2.45, 2.75) is 96.7 Å². The van der Waals surface area contributed by atoms with E-state index in [1.165, 1.54) is 20.9 Å². The monoisotopic (exact) mass is 560 g/mol. The average Bonchev–Trinajstić information content (AvgIpc) is 2.87. The zero-order chi connectivity index (χ0) is 32.1. The second kappa shape index (κ2) is 13.1. The minimum atomic E-state index is -3.28. The molecule has 13 heteroatoms. The summed E-state index contributed by atoms with van der Waals surface area (Å²) in [5, 5.41) is 43.5. The molecule has 13 nitrogen and oxygen atoms in total. The molecule has 0 aromatic heterocycles. The van der Waals surface area contributed by atoms with Crippen LogP contribution in [0.15, 0.2) is 0 Å². The first-order valence-electron chi connectivity index (χ1n) is 13.3. The number of aliphatic carboxylic acids is 1. The van der Waals surface area contributed by atoms with E-state index in [9.17, 15) is 49.2 Å². The van der Waals surface area contributed by atoms with Gasteiger partial charge in [-0.15, -0.1) is 0 Å². The summed E-state index contributed by atoms with van der Waals surface area (Å²) in [6, 6.07) is -1.16. The molecular formula is C26H45N3O10. The number of aliphatic hydroxyl groups is 3. The number of aliphatic hydroxyl groups excluding tert-OH is 2. The first-order valence-corrected chi connectivity index (χ1v) is 12.6. The van der Waals surface area contributed by atoms with Gasteiger partial charge in [0.25, 0.3) is 11.8 Å². The van der Waals surface area contributed by atoms with Crippen LogP contribution in [-0.4, -0.2) is 121 Å². The zero-order valence-electron chi connectivity index (χ0n) is 25.4. The molecule has 0 bridgehead atoms. The molecule has 7 atom stereocenters. The second-order valence-electron chi connectivity index (χ2n) is 10.6. The number of carbonyl (C=O) groups excluding carboxylic acids is 5. The number of carbonyl (C=O) groups is 6. The summed E-state index contributed by atoms with van der Waals surface area (Å²) in [6.45, 7) is 9.71. The standard InChI is InChI=1S/C26H45N3O10/c1-12-14(4)26(29(11)20(34)16(6)31,22(36)25(8,39)23(37)38)21(35)24(7,28(10)19(33)15(5)30)18(32)17(27-9)13(2)3/h13-17,27,30-31,39H,12H2,1-11H3,(H,37,38)/t14-,15+,16+,17-,24+,25-,26+/m0/s1/i10D. The molecule has 0 rings (SSSR count). The molecule has 0 fully saturated rings. The van der Waals surface area contributed by atoms with Crippen LogP contribution >= 0.6 is 0 Å². The molecule has 0 aliphatic heterocycles. The smallest absolute Gasteiger partial charge is 0.343 e. The molecule has 0 aromatic rings. The molecule has 5 N–H and O–H groups in total. The van der Waals surface area contributed by atoms with Crippen LogP contribution in [0.25, 0.3) is 0 Å². The van der Waals surface area contributed by atoms with Gasteiger partial charge in [-0.05, 0) is 46.6 Å². The predicted molar refractivity (Wildman–Crippen MR) is 140 cm³/mol. The van der Waals surface area contributed by atoms with Crippen LogP contribution in [-0.2, 0) is 28.8 Å². The Morgan fingerprint density at radius 2 is 1.33 bits per heavy atom. The Hall–Kier alpha value is -2.74. The van der Waals surface area contributed by atoms with Crippen molar-refractivity contribution in [3.63, 3.8) is 0 Å². The van der Waals surface area contributed by atoms with Gasteiger partial charge >= 0.3 is 5.97 Å². The molecular weight excluding hydrogens is 514 g/mol. The van der Waals surface area contributed by atoms with Gasteiger partial charge in [-0.25, -0.2) is 4.79 Å². The highest BCUT2D eigenvalue weighted by Crippen LogP contribution is 2.39. The molecule has 39 heavy (non-hydrogen) atoms. The second-order valence-corrected chi connectivity index (χ2v) is 10.6. The van der Waals surface area contributed by atoms with Gasteiger partial charge in [0.05, 0.1) is 6.04 Å². The molecule has 0 saturated carbocycles. The van der Waals surface area contributed by atoms with Crippen molar-refractivity contribution in [2.24, 2.45) is 11.8 Å². The van der Waals surface area contributed by atoms with E-state index in [1.54, 1.807) is 13.8 Å². The quantitative estimate of drug-likeness (QED) is 0.154. The third kappa shape index (κ3) is 6.21. The molecule has 0 saturated heterocycles. The lowest BCUT2D eigenvalue weighted by molar-refractivity contribution is -0.180. The van der Waals surface area contributed by atoms with Crippen molar-refractivity contribution in [3.8, 4) is 0 Å². The van der Waals surface area contributed by atoms with Crippen LogP contribution in [0.2, 0.25) is 0 Å². The number of hydrogen-bond donors (Lipinski definition) is 5. The SMILES string of the molecule is [2H]CN(C(=O)[C@@H](C)O)[C@](C)(C(=O)[C@@H](NC)C(C)C)C(=O)[C@@](C(=O)[C@](C)(O)C(=O)O)([C@@H](C)CC)N(C)C(=O)[C@@H](C)O. The molecule has 0 radical (unpaired) electrons. The van der Waals surface area contributed by atoms with Crippen LogP contribution in [0.3, 0.4) is 0 Å². The maximum atomic E-state index is 15.0. The highest BCUT2D eigenvalue weighted by Gasteiger charge is 2.67. The topological polar surface area (TPSA) is 202 Å². The predicted octanol–water partition coefficient (Wildman–Crippen LogP) is -1.00. The minimum Gasteiger partial charge on any atom is -0.479 e. The molecule has 0 unspecified atom stereocenters. The van der Waals surface area contributed by atoms with Crippen LogP contribution in [0.5, 0.6) is 0 Å². The number of likely N-dealkylation sites (N-methyl/N-ethyl adjacent to an activating group) is 3. The average molecular weight is 561 g/mol. The van der Waals surface area contributed by atoms with Crippen molar-refractivity contribution in [3.05, 3.63) is 0 Å². The van der Waals surface area contributed by atoms with Crippen molar-refractivity contribution in [1.29, 1.82) is 0 Å². The molecule has 0 aromatic carbocycles. The lowest BCUT2D eigenvalue weighted by Gasteiger charge is -2.51. The first-order chi connectivity index (χ1) is 18.1. The van der Waals surface area contributed by atoms with Crippen LogP contribution < -0.4 is 5.32 Å². The number of carboxylic acids is 1. The Labute approximate surface area is 230 Å². The number of amides is 2. The lowest BCUT2D eigenvalue weighted by atomic mass is 9.63. The van der Waals surface area contributed by atoms with Crippen LogP contribution in [0.4, 0.5) is 0 Å². The highest BCUT2D eigenvalue weighted by molar-refractivity contribution is 6.30. The largest absolute Gasteiger partial charge is 0.479 e. The van der Waals surface area contributed by atoms with E-state index in [0.717, 1.165) is 27.8 Å². The zero-order valence-corrected chi connectivity index (χ0v) is 24.4. The van der Waals surface area contributed by atoms with Gasteiger partial charge in [0.2, 0.25) is 11.4 Å². The number of nitrogens with zero attached hydrogens (tertiary/aromatic N) is 2. The van der Waals surface area contributed by atoms with Gasteiger partial charge in [0.15, 0.2) is 22.6 Å². The van der Waals surface area contributed by atoms with Crippen molar-refractivity contribution in [2.75, 3.05) is 21.1 Å². The van der Waals surface area contributed by atoms with Crippen molar-refractivity contribution < 1.29 is 50.6 Å². The Kier molecular flexibility index (Phi) is 11.5. The summed E-state index contributed by atoms with van der Waals surface area (Å²) in [5.74, 6) is -10.5. The molecule has 224 valence electrons. The van der Waals surface area contributed by atoms with Gasteiger partial charge in [0, 0.05) is 15.4 Å². The Morgan fingerprint density at radius 1 is 0.897 bits per heavy atom. The number of carboxylic acid groups (broad SMARTS) is 1. The lowest BCUT2D eigenvalue weighted by Crippen LogP contribution is -2.78. The highest BCUT2D eigenvalue weighted by atomic mass is 16.4. The van der Waals surface area contributed by atoms with E-state index >= 15 is 0 Å². The van der Waals surface area contributed by atoms with Crippen molar-refractivity contribution >= 4 is 35.1 Å².